The van der Waals surface area contributed by atoms with E-state index in [-0.39, 0.29) is 35.8 Å². The molecule has 1 aliphatic heterocycles. The number of halogens is 3. The van der Waals surface area contributed by atoms with Gasteiger partial charge in [-0.1, -0.05) is 20.3 Å². The molecule has 29 heavy (non-hydrogen) atoms. The summed E-state index contributed by atoms with van der Waals surface area (Å²) in [5.41, 5.74) is -0.192. The van der Waals surface area contributed by atoms with Crippen molar-refractivity contribution in [2.45, 2.75) is 58.2 Å². The molecular weight excluding hydrogens is 381 g/mol. The van der Waals surface area contributed by atoms with Gasteiger partial charge in [0.25, 0.3) is 0 Å². The first-order valence-electron chi connectivity index (χ1n) is 10.4. The number of hydrogen-bond acceptors (Lipinski definition) is 3. The monoisotopic (exact) mass is 412 g/mol. The summed E-state index contributed by atoms with van der Waals surface area (Å²) < 4.78 is 38.4. The average Bonchev–Trinajstić information content (AvgIpc) is 2.66. The van der Waals surface area contributed by atoms with E-state index in [1.54, 1.807) is 0 Å². The van der Waals surface area contributed by atoms with Gasteiger partial charge >= 0.3 is 6.18 Å². The number of aliphatic hydroxyl groups is 1. The third-order valence-electron chi connectivity index (χ3n) is 6.49. The molecule has 2 N–H and O–H groups in total. The van der Waals surface area contributed by atoms with Crippen LogP contribution in [-0.2, 0) is 11.0 Å². The first-order chi connectivity index (χ1) is 13.6. The molecule has 1 aromatic rings. The Hall–Kier alpha value is -1.76. The summed E-state index contributed by atoms with van der Waals surface area (Å²) >= 11 is 0. The molecule has 0 spiro atoms. The first-order valence-corrected chi connectivity index (χ1v) is 10.4. The van der Waals surface area contributed by atoms with Crippen LogP contribution in [-0.4, -0.2) is 36.8 Å². The molecule has 1 aliphatic carbocycles. The van der Waals surface area contributed by atoms with Gasteiger partial charge < -0.3 is 15.3 Å². The third-order valence-corrected chi connectivity index (χ3v) is 6.49. The van der Waals surface area contributed by atoms with E-state index in [2.05, 4.69) is 10.2 Å². The van der Waals surface area contributed by atoms with Crippen LogP contribution in [0.4, 0.5) is 18.9 Å². The highest BCUT2D eigenvalue weighted by Crippen LogP contribution is 2.38. The number of carbonyl (C=O) groups is 1. The summed E-state index contributed by atoms with van der Waals surface area (Å²) in [5, 5.41) is 12.6. The summed E-state index contributed by atoms with van der Waals surface area (Å²) in [7, 11) is 0. The maximum absolute atomic E-state index is 13.0. The van der Waals surface area contributed by atoms with Crippen molar-refractivity contribution in [1.82, 2.24) is 5.32 Å². The van der Waals surface area contributed by atoms with Gasteiger partial charge in [0, 0.05) is 37.3 Å². The smallest absolute Gasteiger partial charge is 0.396 e. The molecule has 1 aromatic carbocycles. The molecule has 1 heterocycles. The Morgan fingerprint density at radius 1 is 1.21 bits per heavy atom. The maximum atomic E-state index is 13.0. The number of benzene rings is 1. The lowest BCUT2D eigenvalue weighted by atomic mass is 9.73. The van der Waals surface area contributed by atoms with Crippen molar-refractivity contribution in [3.63, 3.8) is 0 Å². The van der Waals surface area contributed by atoms with Gasteiger partial charge in [0.15, 0.2) is 0 Å². The van der Waals surface area contributed by atoms with Crippen LogP contribution in [0.5, 0.6) is 0 Å². The van der Waals surface area contributed by atoms with Crippen LogP contribution in [0.25, 0.3) is 0 Å². The number of aliphatic hydroxyl groups excluding tert-OH is 1. The maximum Gasteiger partial charge on any atom is 0.416 e. The molecule has 0 bridgehead atoms. The molecule has 0 unspecified atom stereocenters. The van der Waals surface area contributed by atoms with E-state index in [4.69, 9.17) is 0 Å². The fourth-order valence-electron chi connectivity index (χ4n) is 4.81. The standard InChI is InChI=1S/C22H31F3N2O2/c1-21(2)14-27(18-8-6-16(7-9-18)22(23,24)25)11-10-19(21)20(29)26-17-5-3-4-15(12-17)13-28/h6-9,15,17,19,28H,3-5,10-14H2,1-2H3,(H,26,29)/t15-,17-,19-/m0/s1. The Kier molecular flexibility index (Phi) is 6.46. The quantitative estimate of drug-likeness (QED) is 0.778. The van der Waals surface area contributed by atoms with Crippen molar-refractivity contribution in [2.75, 3.05) is 24.6 Å². The van der Waals surface area contributed by atoms with Gasteiger partial charge in [0.1, 0.15) is 0 Å². The number of nitrogens with one attached hydrogen (secondary N) is 1. The molecule has 1 saturated carbocycles. The number of carbonyl (C=O) groups excluding carboxylic acids is 1. The largest absolute Gasteiger partial charge is 0.416 e. The Balaban J connectivity index is 1.61. The summed E-state index contributed by atoms with van der Waals surface area (Å²) in [6.45, 7) is 5.51. The minimum atomic E-state index is -4.34. The number of anilines is 1. The van der Waals surface area contributed by atoms with Crippen molar-refractivity contribution < 1.29 is 23.1 Å². The van der Waals surface area contributed by atoms with Crippen LogP contribution in [0.3, 0.4) is 0 Å². The molecular formula is C22H31F3N2O2. The SMILES string of the molecule is CC1(C)CN(c2ccc(C(F)(F)F)cc2)CC[C@H]1C(=O)N[C@H]1CCC[C@H](CO)C1. The number of piperidine rings is 1. The van der Waals surface area contributed by atoms with E-state index in [1.807, 2.05) is 13.8 Å². The van der Waals surface area contributed by atoms with Gasteiger partial charge in [-0.2, -0.15) is 13.2 Å². The molecule has 3 rings (SSSR count). The lowest BCUT2D eigenvalue weighted by Crippen LogP contribution is -2.53. The lowest BCUT2D eigenvalue weighted by molar-refractivity contribution is -0.137. The van der Waals surface area contributed by atoms with Gasteiger partial charge in [-0.25, -0.2) is 0 Å². The Morgan fingerprint density at radius 2 is 1.90 bits per heavy atom. The topological polar surface area (TPSA) is 52.6 Å². The summed E-state index contributed by atoms with van der Waals surface area (Å²) in [6, 6.07) is 5.37. The Bertz CT molecular complexity index is 703. The number of amides is 1. The van der Waals surface area contributed by atoms with Gasteiger partial charge in [-0.05, 0) is 61.3 Å². The molecule has 7 heteroatoms. The van der Waals surface area contributed by atoms with Gasteiger partial charge in [-0.3, -0.25) is 4.79 Å². The zero-order valence-corrected chi connectivity index (χ0v) is 17.1. The van der Waals surface area contributed by atoms with Crippen LogP contribution in [0.15, 0.2) is 24.3 Å². The van der Waals surface area contributed by atoms with E-state index in [1.165, 1.54) is 12.1 Å². The second kappa shape index (κ2) is 8.54. The van der Waals surface area contributed by atoms with Crippen LogP contribution in [0.1, 0.15) is 51.5 Å². The highest BCUT2D eigenvalue weighted by molar-refractivity contribution is 5.80. The predicted molar refractivity (Wildman–Crippen MR) is 107 cm³/mol. The molecule has 1 saturated heterocycles. The summed E-state index contributed by atoms with van der Waals surface area (Å²) in [6.07, 6.45) is 0.138. The lowest BCUT2D eigenvalue weighted by Gasteiger charge is -2.45. The van der Waals surface area contributed by atoms with Crippen LogP contribution in [0, 0.1) is 17.3 Å². The van der Waals surface area contributed by atoms with Crippen molar-refractivity contribution in [3.05, 3.63) is 29.8 Å². The van der Waals surface area contributed by atoms with Crippen LogP contribution < -0.4 is 10.2 Å². The fourth-order valence-corrected chi connectivity index (χ4v) is 4.81. The number of nitrogens with zero attached hydrogens (tertiary/aromatic N) is 1. The molecule has 0 radical (unpaired) electrons. The van der Waals surface area contributed by atoms with Crippen molar-refractivity contribution in [1.29, 1.82) is 0 Å². The Labute approximate surface area is 170 Å². The zero-order chi connectivity index (χ0) is 21.2. The van der Waals surface area contributed by atoms with E-state index < -0.39 is 11.7 Å². The molecule has 2 aliphatic rings. The highest BCUT2D eigenvalue weighted by atomic mass is 19.4. The molecule has 3 atom stereocenters. The number of hydrogen-bond donors (Lipinski definition) is 2. The minimum absolute atomic E-state index is 0.0608. The first kappa shape index (κ1) is 21.9. The highest BCUT2D eigenvalue weighted by Gasteiger charge is 2.41. The van der Waals surface area contributed by atoms with E-state index in [0.29, 0.717) is 19.5 Å². The van der Waals surface area contributed by atoms with Crippen molar-refractivity contribution in [3.8, 4) is 0 Å². The molecule has 1 amide bonds. The number of alkyl halides is 3. The second-order valence-corrected chi connectivity index (χ2v) is 9.22. The molecule has 162 valence electrons. The predicted octanol–water partition coefficient (Wildman–Crippen LogP) is 4.23. The summed E-state index contributed by atoms with van der Waals surface area (Å²) in [4.78, 5) is 15.0. The Morgan fingerprint density at radius 3 is 2.48 bits per heavy atom. The van der Waals surface area contributed by atoms with E-state index in [9.17, 15) is 23.1 Å². The summed E-state index contributed by atoms with van der Waals surface area (Å²) in [5.74, 6) is 0.192. The third kappa shape index (κ3) is 5.24. The van der Waals surface area contributed by atoms with Crippen LogP contribution in [0.2, 0.25) is 0 Å². The average molecular weight is 412 g/mol. The van der Waals surface area contributed by atoms with Gasteiger partial charge in [0.2, 0.25) is 5.91 Å². The number of rotatable bonds is 4. The fraction of sp³-hybridized carbons (Fsp3) is 0.682. The van der Waals surface area contributed by atoms with E-state index in [0.717, 1.165) is 43.5 Å². The van der Waals surface area contributed by atoms with Crippen LogP contribution >= 0.6 is 0 Å². The molecule has 2 fully saturated rings. The minimum Gasteiger partial charge on any atom is -0.396 e. The van der Waals surface area contributed by atoms with Gasteiger partial charge in [-0.15, -0.1) is 0 Å². The normalized spacial score (nSPS) is 27.5. The molecule has 0 aromatic heterocycles. The second-order valence-electron chi connectivity index (χ2n) is 9.22. The molecule has 4 nitrogen and oxygen atoms in total. The zero-order valence-electron chi connectivity index (χ0n) is 17.1. The van der Waals surface area contributed by atoms with Crippen molar-refractivity contribution in [2.24, 2.45) is 17.3 Å². The van der Waals surface area contributed by atoms with Crippen molar-refractivity contribution >= 4 is 11.6 Å². The van der Waals surface area contributed by atoms with Gasteiger partial charge in [0.05, 0.1) is 5.56 Å². The van der Waals surface area contributed by atoms with E-state index >= 15 is 0 Å².